The number of oxime groups is 1. The van der Waals surface area contributed by atoms with Gasteiger partial charge in [0.05, 0.1) is 17.3 Å². The fraction of sp³-hybridized carbons (Fsp3) is 0.357. The van der Waals surface area contributed by atoms with Gasteiger partial charge >= 0.3 is 6.09 Å². The Bertz CT molecular complexity index is 1580. The summed E-state index contributed by atoms with van der Waals surface area (Å²) in [7, 11) is 0. The SMILES string of the molecule is CC(C)(C)C1N(C(=O)O)CC12CN(C(=O)CO/N=C1/C(c3c(O)[nH]c4ccc(Br)cc34)=Nc3ccccc31)C2. The molecule has 0 saturated carbocycles. The molecule has 3 aliphatic heterocycles. The van der Waals surface area contributed by atoms with Crippen molar-refractivity contribution in [2.24, 2.45) is 21.0 Å². The molecule has 1 aromatic heterocycles. The van der Waals surface area contributed by atoms with E-state index in [1.807, 2.05) is 63.2 Å². The summed E-state index contributed by atoms with van der Waals surface area (Å²) in [5, 5.41) is 25.4. The summed E-state index contributed by atoms with van der Waals surface area (Å²) in [5.41, 5.74) is 3.11. The van der Waals surface area contributed by atoms with E-state index < -0.39 is 6.09 Å². The molecule has 202 valence electrons. The van der Waals surface area contributed by atoms with E-state index in [4.69, 9.17) is 9.83 Å². The monoisotopic (exact) mass is 593 g/mol. The number of para-hydroxylation sites is 1. The van der Waals surface area contributed by atoms with Gasteiger partial charge in [0.25, 0.3) is 5.91 Å². The van der Waals surface area contributed by atoms with Gasteiger partial charge in [-0.15, -0.1) is 0 Å². The van der Waals surface area contributed by atoms with E-state index in [2.05, 4.69) is 26.1 Å². The predicted octanol–water partition coefficient (Wildman–Crippen LogP) is 4.73. The first-order chi connectivity index (χ1) is 18.5. The zero-order chi connectivity index (χ0) is 27.7. The first-order valence-corrected chi connectivity index (χ1v) is 13.4. The third-order valence-electron chi connectivity index (χ3n) is 7.74. The van der Waals surface area contributed by atoms with Gasteiger partial charge in [0, 0.05) is 46.0 Å². The van der Waals surface area contributed by atoms with E-state index in [0.29, 0.717) is 42.3 Å². The number of H-pyrrole nitrogens is 1. The van der Waals surface area contributed by atoms with Crippen LogP contribution in [0.5, 0.6) is 5.88 Å². The maximum atomic E-state index is 12.9. The van der Waals surface area contributed by atoms with Crippen molar-refractivity contribution in [1.82, 2.24) is 14.8 Å². The largest absolute Gasteiger partial charge is 0.494 e. The van der Waals surface area contributed by atoms with Gasteiger partial charge < -0.3 is 29.8 Å². The molecule has 3 N–H and O–H groups in total. The second-order valence-corrected chi connectivity index (χ2v) is 12.4. The van der Waals surface area contributed by atoms with E-state index in [1.165, 1.54) is 4.90 Å². The summed E-state index contributed by atoms with van der Waals surface area (Å²) in [6, 6.07) is 12.9. The molecule has 0 aliphatic carbocycles. The molecule has 4 heterocycles. The highest BCUT2D eigenvalue weighted by atomic mass is 79.9. The van der Waals surface area contributed by atoms with Gasteiger partial charge in [-0.05, 0) is 29.7 Å². The maximum Gasteiger partial charge on any atom is 0.407 e. The molecule has 1 atom stereocenters. The molecule has 1 unspecified atom stereocenters. The quantitative estimate of drug-likeness (QED) is 0.376. The number of nitrogens with one attached hydrogen (secondary N) is 1. The Labute approximate surface area is 233 Å². The van der Waals surface area contributed by atoms with Crippen LogP contribution in [0.25, 0.3) is 10.9 Å². The number of halogens is 1. The van der Waals surface area contributed by atoms with Gasteiger partial charge in [-0.2, -0.15) is 0 Å². The minimum atomic E-state index is -0.924. The fourth-order valence-corrected chi connectivity index (χ4v) is 6.80. The Morgan fingerprint density at radius 1 is 1.21 bits per heavy atom. The lowest BCUT2D eigenvalue weighted by Crippen LogP contribution is -2.81. The number of aromatic hydroxyl groups is 1. The lowest BCUT2D eigenvalue weighted by molar-refractivity contribution is -0.193. The first-order valence-electron chi connectivity index (χ1n) is 12.6. The van der Waals surface area contributed by atoms with Crippen LogP contribution in [0.3, 0.4) is 0 Å². The van der Waals surface area contributed by atoms with Gasteiger partial charge in [-0.25, -0.2) is 9.79 Å². The molecule has 3 aliphatic rings. The van der Waals surface area contributed by atoms with Crippen molar-refractivity contribution >= 4 is 55.9 Å². The molecule has 39 heavy (non-hydrogen) atoms. The molecule has 0 radical (unpaired) electrons. The molecule has 0 bridgehead atoms. The number of aromatic nitrogens is 1. The van der Waals surface area contributed by atoms with Crippen LogP contribution >= 0.6 is 15.9 Å². The zero-order valence-corrected chi connectivity index (χ0v) is 23.3. The number of amides is 2. The number of aliphatic imine (C=N–C) groups is 1. The average molecular weight is 594 g/mol. The second kappa shape index (κ2) is 8.84. The number of carboxylic acid groups (broad SMARTS) is 1. The number of likely N-dealkylation sites (tertiary alicyclic amines) is 2. The lowest BCUT2D eigenvalue weighted by atomic mass is 9.58. The molecular weight excluding hydrogens is 566 g/mol. The van der Waals surface area contributed by atoms with Gasteiger partial charge in [-0.1, -0.05) is 60.1 Å². The van der Waals surface area contributed by atoms with Crippen LogP contribution in [0.4, 0.5) is 10.5 Å². The highest BCUT2D eigenvalue weighted by molar-refractivity contribution is 9.10. The van der Waals surface area contributed by atoms with Crippen molar-refractivity contribution in [1.29, 1.82) is 0 Å². The molecule has 6 rings (SSSR count). The van der Waals surface area contributed by atoms with E-state index in [-0.39, 0.29) is 35.3 Å². The molecule has 3 aromatic rings. The molecule has 2 fully saturated rings. The molecule has 2 amide bonds. The molecular formula is C28H28BrN5O5. The fourth-order valence-electron chi connectivity index (χ4n) is 6.43. The summed E-state index contributed by atoms with van der Waals surface area (Å²) >= 11 is 3.49. The van der Waals surface area contributed by atoms with Crippen molar-refractivity contribution < 1.29 is 24.6 Å². The topological polar surface area (TPSA) is 131 Å². The third-order valence-corrected chi connectivity index (χ3v) is 8.24. The highest BCUT2D eigenvalue weighted by Gasteiger charge is 2.64. The number of fused-ring (bicyclic) bond motifs is 2. The van der Waals surface area contributed by atoms with Crippen molar-refractivity contribution in [2.75, 3.05) is 26.2 Å². The smallest absolute Gasteiger partial charge is 0.407 e. The van der Waals surface area contributed by atoms with Gasteiger partial charge in [0.15, 0.2) is 12.5 Å². The van der Waals surface area contributed by atoms with Crippen LogP contribution in [-0.4, -0.2) is 80.7 Å². The molecule has 1 spiro atoms. The number of rotatable bonds is 4. The second-order valence-electron chi connectivity index (χ2n) is 11.5. The molecule has 2 saturated heterocycles. The van der Waals surface area contributed by atoms with E-state index in [9.17, 15) is 19.8 Å². The molecule has 10 nitrogen and oxygen atoms in total. The Hall–Kier alpha value is -3.86. The lowest BCUT2D eigenvalue weighted by Gasteiger charge is -2.67. The summed E-state index contributed by atoms with van der Waals surface area (Å²) in [6.45, 7) is 7.24. The van der Waals surface area contributed by atoms with Crippen LogP contribution in [0.2, 0.25) is 0 Å². The number of hydrogen-bond acceptors (Lipinski definition) is 6. The van der Waals surface area contributed by atoms with Crippen LogP contribution in [0.1, 0.15) is 31.9 Å². The standard InChI is InChI=1S/C28H28BrN5O5/c1-27(2,3)25-28(14-34(25)26(37)38)12-33(13-28)20(35)11-39-32-22-16-6-4-5-7-18(16)30-23(22)21-17-10-15(29)8-9-19(17)31-24(21)36/h4-10,25,31,36H,11-14H2,1-3H3,(H,37,38)/b32-22+. The minimum absolute atomic E-state index is 0.0337. The van der Waals surface area contributed by atoms with Crippen LogP contribution in [0.15, 0.2) is 57.1 Å². The van der Waals surface area contributed by atoms with Crippen molar-refractivity contribution in [3.8, 4) is 5.88 Å². The number of carbonyl (C=O) groups is 2. The van der Waals surface area contributed by atoms with Crippen molar-refractivity contribution in [3.05, 3.63) is 58.1 Å². The van der Waals surface area contributed by atoms with Crippen LogP contribution in [0, 0.1) is 10.8 Å². The average Bonchev–Trinajstić information content (AvgIpc) is 3.32. The molecule has 2 aromatic carbocycles. The number of benzene rings is 2. The predicted molar refractivity (Wildman–Crippen MR) is 150 cm³/mol. The Morgan fingerprint density at radius 2 is 1.95 bits per heavy atom. The summed E-state index contributed by atoms with van der Waals surface area (Å²) in [5.74, 6) is -0.247. The van der Waals surface area contributed by atoms with Crippen molar-refractivity contribution in [2.45, 2.75) is 26.8 Å². The maximum absolute atomic E-state index is 12.9. The van der Waals surface area contributed by atoms with Crippen LogP contribution < -0.4 is 0 Å². The Morgan fingerprint density at radius 3 is 2.67 bits per heavy atom. The van der Waals surface area contributed by atoms with Crippen molar-refractivity contribution in [3.63, 3.8) is 0 Å². The summed E-state index contributed by atoms with van der Waals surface area (Å²) in [6.07, 6.45) is -0.924. The van der Waals surface area contributed by atoms with E-state index in [1.54, 1.807) is 4.90 Å². The summed E-state index contributed by atoms with van der Waals surface area (Å²) < 4.78 is 0.852. The number of carbonyl (C=O) groups excluding carboxylic acids is 1. The first kappa shape index (κ1) is 25.4. The molecule has 11 heteroatoms. The van der Waals surface area contributed by atoms with Crippen LogP contribution in [-0.2, 0) is 9.63 Å². The van der Waals surface area contributed by atoms with E-state index >= 15 is 0 Å². The summed E-state index contributed by atoms with van der Waals surface area (Å²) in [4.78, 5) is 41.0. The Kier molecular flexibility index (Phi) is 5.76. The number of aromatic amines is 1. The Balaban J connectivity index is 1.20. The highest BCUT2D eigenvalue weighted by Crippen LogP contribution is 2.52. The number of hydrogen-bond donors (Lipinski definition) is 3. The zero-order valence-electron chi connectivity index (χ0n) is 21.7. The van der Waals surface area contributed by atoms with Gasteiger partial charge in [0.2, 0.25) is 0 Å². The van der Waals surface area contributed by atoms with Gasteiger partial charge in [-0.3, -0.25) is 4.79 Å². The normalized spacial score (nSPS) is 20.6. The third kappa shape index (κ3) is 4.07. The van der Waals surface area contributed by atoms with Gasteiger partial charge in [0.1, 0.15) is 11.4 Å². The number of nitrogens with zero attached hydrogens (tertiary/aromatic N) is 4. The minimum Gasteiger partial charge on any atom is -0.494 e. The van der Waals surface area contributed by atoms with E-state index in [0.717, 1.165) is 20.9 Å².